The number of hydrogen-bond donors (Lipinski definition) is 1. The summed E-state index contributed by atoms with van der Waals surface area (Å²) < 4.78 is 5.83. The standard InChI is InChI=1S/C16H23Cl2NO/c1-11(2)19-10-16(6-7-20-12(16)3)9-13-4-5-14(17)8-15(13)18/h4-5,8,11-12,19H,6-7,9-10H2,1-3H3. The summed E-state index contributed by atoms with van der Waals surface area (Å²) in [5.41, 5.74) is 1.26. The topological polar surface area (TPSA) is 21.3 Å². The number of benzene rings is 1. The van der Waals surface area contributed by atoms with Gasteiger partial charge in [0.1, 0.15) is 0 Å². The van der Waals surface area contributed by atoms with Crippen LogP contribution >= 0.6 is 23.2 Å². The maximum Gasteiger partial charge on any atom is 0.0619 e. The third kappa shape index (κ3) is 3.67. The molecule has 1 fully saturated rings. The van der Waals surface area contributed by atoms with E-state index in [0.717, 1.165) is 36.6 Å². The first kappa shape index (κ1) is 16.1. The van der Waals surface area contributed by atoms with Gasteiger partial charge in [0.25, 0.3) is 0 Å². The summed E-state index contributed by atoms with van der Waals surface area (Å²) in [7, 11) is 0. The van der Waals surface area contributed by atoms with Crippen LogP contribution in [0.15, 0.2) is 18.2 Å². The molecule has 1 saturated heterocycles. The molecular weight excluding hydrogens is 293 g/mol. The van der Waals surface area contributed by atoms with Crippen molar-refractivity contribution >= 4 is 23.2 Å². The first-order chi connectivity index (χ1) is 9.43. The zero-order valence-corrected chi connectivity index (χ0v) is 13.9. The Morgan fingerprint density at radius 1 is 1.40 bits per heavy atom. The molecule has 0 saturated carbocycles. The Hall–Kier alpha value is -0.280. The van der Waals surface area contributed by atoms with E-state index in [0.29, 0.717) is 11.1 Å². The second-order valence-electron chi connectivity index (χ2n) is 6.07. The highest BCUT2D eigenvalue weighted by Crippen LogP contribution is 2.39. The lowest BCUT2D eigenvalue weighted by Gasteiger charge is -2.34. The first-order valence-corrected chi connectivity index (χ1v) is 7.97. The van der Waals surface area contributed by atoms with E-state index >= 15 is 0 Å². The van der Waals surface area contributed by atoms with Gasteiger partial charge in [0.05, 0.1) is 6.10 Å². The van der Waals surface area contributed by atoms with Gasteiger partial charge in [-0.2, -0.15) is 0 Å². The lowest BCUT2D eigenvalue weighted by molar-refractivity contribution is 0.0621. The molecule has 2 rings (SSSR count). The molecule has 2 atom stereocenters. The molecule has 0 amide bonds. The van der Waals surface area contributed by atoms with E-state index in [4.69, 9.17) is 27.9 Å². The molecule has 1 aromatic carbocycles. The largest absolute Gasteiger partial charge is 0.378 e. The smallest absolute Gasteiger partial charge is 0.0619 e. The molecule has 1 heterocycles. The highest BCUT2D eigenvalue weighted by molar-refractivity contribution is 6.35. The Morgan fingerprint density at radius 2 is 2.15 bits per heavy atom. The summed E-state index contributed by atoms with van der Waals surface area (Å²) >= 11 is 12.3. The monoisotopic (exact) mass is 315 g/mol. The molecule has 1 N–H and O–H groups in total. The van der Waals surface area contributed by atoms with E-state index in [2.05, 4.69) is 26.1 Å². The molecule has 2 nitrogen and oxygen atoms in total. The average Bonchev–Trinajstić information content (AvgIpc) is 2.73. The van der Waals surface area contributed by atoms with Gasteiger partial charge >= 0.3 is 0 Å². The number of ether oxygens (including phenoxy) is 1. The first-order valence-electron chi connectivity index (χ1n) is 7.22. The predicted octanol–water partition coefficient (Wildman–Crippen LogP) is 4.33. The van der Waals surface area contributed by atoms with Crippen LogP contribution in [-0.2, 0) is 11.2 Å². The van der Waals surface area contributed by atoms with Crippen LogP contribution in [0.25, 0.3) is 0 Å². The van der Waals surface area contributed by atoms with Crippen LogP contribution in [0.2, 0.25) is 10.0 Å². The van der Waals surface area contributed by atoms with Crippen molar-refractivity contribution in [3.8, 4) is 0 Å². The van der Waals surface area contributed by atoms with Crippen LogP contribution in [0.5, 0.6) is 0 Å². The minimum absolute atomic E-state index is 0.113. The molecule has 0 bridgehead atoms. The van der Waals surface area contributed by atoms with E-state index in [1.807, 2.05) is 18.2 Å². The van der Waals surface area contributed by atoms with Gasteiger partial charge < -0.3 is 10.1 Å². The molecule has 4 heteroatoms. The van der Waals surface area contributed by atoms with Crippen LogP contribution < -0.4 is 5.32 Å². The highest BCUT2D eigenvalue weighted by Gasteiger charge is 2.41. The molecule has 1 aromatic rings. The number of nitrogens with one attached hydrogen (secondary N) is 1. The van der Waals surface area contributed by atoms with Crippen molar-refractivity contribution < 1.29 is 4.74 Å². The molecule has 0 aliphatic carbocycles. The third-order valence-corrected chi connectivity index (χ3v) is 4.84. The van der Waals surface area contributed by atoms with Crippen molar-refractivity contribution in [3.63, 3.8) is 0 Å². The maximum atomic E-state index is 6.33. The van der Waals surface area contributed by atoms with Crippen LogP contribution in [0.3, 0.4) is 0 Å². The van der Waals surface area contributed by atoms with E-state index in [9.17, 15) is 0 Å². The molecule has 0 spiro atoms. The maximum absolute atomic E-state index is 6.33. The van der Waals surface area contributed by atoms with E-state index in [1.165, 1.54) is 0 Å². The Labute approximate surface area is 131 Å². The van der Waals surface area contributed by atoms with E-state index in [-0.39, 0.29) is 11.5 Å². The van der Waals surface area contributed by atoms with Gasteiger partial charge in [-0.25, -0.2) is 0 Å². The number of hydrogen-bond acceptors (Lipinski definition) is 2. The normalized spacial score (nSPS) is 26.4. The minimum atomic E-state index is 0.113. The molecule has 20 heavy (non-hydrogen) atoms. The lowest BCUT2D eigenvalue weighted by atomic mass is 9.76. The van der Waals surface area contributed by atoms with Gasteiger partial charge in [-0.1, -0.05) is 43.1 Å². The zero-order chi connectivity index (χ0) is 14.8. The Kier molecular flexibility index (Phi) is 5.36. The van der Waals surface area contributed by atoms with Crippen molar-refractivity contribution in [2.24, 2.45) is 5.41 Å². The SMILES string of the molecule is CC(C)NCC1(Cc2ccc(Cl)cc2Cl)CCOC1C. The fourth-order valence-corrected chi connectivity index (χ4v) is 3.27. The summed E-state index contributed by atoms with van der Waals surface area (Å²) in [5.74, 6) is 0. The van der Waals surface area contributed by atoms with Gasteiger partial charge in [0.15, 0.2) is 0 Å². The lowest BCUT2D eigenvalue weighted by Crippen LogP contribution is -2.43. The Balaban J connectivity index is 2.19. The van der Waals surface area contributed by atoms with Crippen molar-refractivity contribution in [3.05, 3.63) is 33.8 Å². The quantitative estimate of drug-likeness (QED) is 0.873. The van der Waals surface area contributed by atoms with Gasteiger partial charge in [-0.05, 0) is 37.5 Å². The second kappa shape index (κ2) is 6.65. The Bertz CT molecular complexity index is 464. The molecule has 112 valence electrons. The minimum Gasteiger partial charge on any atom is -0.378 e. The molecule has 0 aromatic heterocycles. The summed E-state index contributed by atoms with van der Waals surface area (Å²) in [5, 5.41) is 5.00. The molecule has 2 unspecified atom stereocenters. The van der Waals surface area contributed by atoms with Gasteiger partial charge in [-0.15, -0.1) is 0 Å². The molecule has 0 radical (unpaired) electrons. The molecular formula is C16H23Cl2NO. The number of rotatable bonds is 5. The summed E-state index contributed by atoms with van der Waals surface area (Å²) in [6.07, 6.45) is 2.22. The van der Waals surface area contributed by atoms with Crippen LogP contribution in [-0.4, -0.2) is 25.3 Å². The van der Waals surface area contributed by atoms with Gasteiger partial charge in [0, 0.05) is 34.7 Å². The third-order valence-electron chi connectivity index (χ3n) is 4.25. The number of halogens is 2. The van der Waals surface area contributed by atoms with Crippen molar-refractivity contribution in [2.75, 3.05) is 13.2 Å². The fraction of sp³-hybridized carbons (Fsp3) is 0.625. The van der Waals surface area contributed by atoms with E-state index in [1.54, 1.807) is 0 Å². The van der Waals surface area contributed by atoms with Crippen molar-refractivity contribution in [1.82, 2.24) is 5.32 Å². The summed E-state index contributed by atoms with van der Waals surface area (Å²) in [4.78, 5) is 0. The zero-order valence-electron chi connectivity index (χ0n) is 12.4. The summed E-state index contributed by atoms with van der Waals surface area (Å²) in [6.45, 7) is 8.28. The van der Waals surface area contributed by atoms with Crippen molar-refractivity contribution in [2.45, 2.75) is 45.8 Å². The Morgan fingerprint density at radius 3 is 2.70 bits per heavy atom. The molecule has 1 aliphatic rings. The molecule has 1 aliphatic heterocycles. The van der Waals surface area contributed by atoms with Crippen molar-refractivity contribution in [1.29, 1.82) is 0 Å². The fourth-order valence-electron chi connectivity index (χ4n) is 2.80. The van der Waals surface area contributed by atoms with Crippen LogP contribution in [0.1, 0.15) is 32.8 Å². The summed E-state index contributed by atoms with van der Waals surface area (Å²) in [6, 6.07) is 6.24. The predicted molar refractivity (Wildman–Crippen MR) is 85.8 cm³/mol. The van der Waals surface area contributed by atoms with Gasteiger partial charge in [0.2, 0.25) is 0 Å². The second-order valence-corrected chi connectivity index (χ2v) is 6.92. The van der Waals surface area contributed by atoms with Gasteiger partial charge in [-0.3, -0.25) is 0 Å². The van der Waals surface area contributed by atoms with Crippen LogP contribution in [0.4, 0.5) is 0 Å². The van der Waals surface area contributed by atoms with E-state index < -0.39 is 0 Å². The highest BCUT2D eigenvalue weighted by atomic mass is 35.5. The van der Waals surface area contributed by atoms with Crippen LogP contribution in [0, 0.1) is 5.41 Å². The average molecular weight is 316 g/mol.